The highest BCUT2D eigenvalue weighted by atomic mass is 16.6. The van der Waals surface area contributed by atoms with Gasteiger partial charge in [-0.3, -0.25) is 4.79 Å². The van der Waals surface area contributed by atoms with Gasteiger partial charge in [0.25, 0.3) is 5.91 Å². The molecule has 4 atom stereocenters. The second kappa shape index (κ2) is 6.43. The second-order valence-corrected chi connectivity index (χ2v) is 10.1. The molecule has 5 aromatic rings. The number of methoxy groups -OCH3 is 1. The predicted octanol–water partition coefficient (Wildman–Crippen LogP) is 4.35. The minimum atomic E-state index is -0.760. The molecule has 2 N–H and O–H groups in total. The average molecular weight is 467 g/mol. The monoisotopic (exact) mass is 466 g/mol. The number of amides is 1. The summed E-state index contributed by atoms with van der Waals surface area (Å²) in [5.41, 5.74) is 5.51. The molecule has 2 bridgehead atoms. The molecule has 2 aromatic heterocycles. The third kappa shape index (κ3) is 2.12. The number of ether oxygens (including phenoxy) is 2. The zero-order valence-electron chi connectivity index (χ0n) is 19.9. The van der Waals surface area contributed by atoms with Gasteiger partial charge < -0.3 is 29.2 Å². The van der Waals surface area contributed by atoms with E-state index < -0.39 is 5.72 Å². The molecular weight excluding hydrogens is 440 g/mol. The molecule has 7 nitrogen and oxygen atoms in total. The highest BCUT2D eigenvalue weighted by molar-refractivity contribution is 6.31. The summed E-state index contributed by atoms with van der Waals surface area (Å²) >= 11 is 0. The van der Waals surface area contributed by atoms with Gasteiger partial charge in [0.2, 0.25) is 0 Å². The second-order valence-electron chi connectivity index (χ2n) is 10.1. The molecule has 3 unspecified atom stereocenters. The summed E-state index contributed by atoms with van der Waals surface area (Å²) in [5, 5.41) is 11.0. The van der Waals surface area contributed by atoms with E-state index in [1.54, 1.807) is 7.11 Å². The molecule has 0 saturated carbocycles. The lowest BCUT2D eigenvalue weighted by atomic mass is 9.93. The van der Waals surface area contributed by atoms with Gasteiger partial charge in [0.05, 0.1) is 27.6 Å². The molecule has 0 spiro atoms. The Labute approximate surface area is 201 Å². The van der Waals surface area contributed by atoms with Crippen LogP contribution in [0.2, 0.25) is 0 Å². The Kier molecular flexibility index (Phi) is 3.65. The Balaban J connectivity index is 1.72. The number of fused-ring (bicyclic) bond motifs is 13. The fourth-order valence-electron chi connectivity index (χ4n) is 7.33. The topological polar surface area (TPSA) is 69.5 Å². The predicted molar refractivity (Wildman–Crippen MR) is 136 cm³/mol. The SMILES string of the molecule is CN[C@H]1CC2OC(C)(C1OC)n1c3ccccc3c3c4c(c5c6ccccc6n2c5c31)C(=O)NC4. The molecule has 7 heteroatoms. The molecule has 1 amide bonds. The highest BCUT2D eigenvalue weighted by Crippen LogP contribution is 2.53. The van der Waals surface area contributed by atoms with Crippen LogP contribution < -0.4 is 10.6 Å². The van der Waals surface area contributed by atoms with E-state index in [1.807, 2.05) is 7.05 Å². The first-order valence-electron chi connectivity index (χ1n) is 12.3. The lowest BCUT2D eigenvalue weighted by Crippen LogP contribution is -2.59. The molecule has 8 rings (SSSR count). The minimum absolute atomic E-state index is 0.00357. The molecule has 3 aliphatic heterocycles. The van der Waals surface area contributed by atoms with E-state index in [0.717, 1.165) is 61.2 Å². The summed E-state index contributed by atoms with van der Waals surface area (Å²) in [6, 6.07) is 17.0. The normalized spacial score (nSPS) is 27.3. The van der Waals surface area contributed by atoms with Crippen molar-refractivity contribution in [2.45, 2.75) is 44.0 Å². The summed E-state index contributed by atoms with van der Waals surface area (Å²) in [7, 11) is 3.77. The minimum Gasteiger partial charge on any atom is -0.375 e. The maximum Gasteiger partial charge on any atom is 0.252 e. The third-order valence-corrected chi connectivity index (χ3v) is 8.60. The highest BCUT2D eigenvalue weighted by Gasteiger charge is 2.53. The van der Waals surface area contributed by atoms with Crippen molar-refractivity contribution >= 4 is 49.5 Å². The van der Waals surface area contributed by atoms with Gasteiger partial charge in [-0.15, -0.1) is 0 Å². The molecule has 3 aromatic carbocycles. The smallest absolute Gasteiger partial charge is 0.252 e. The van der Waals surface area contributed by atoms with E-state index >= 15 is 0 Å². The fourth-order valence-corrected chi connectivity index (χ4v) is 7.33. The molecule has 0 radical (unpaired) electrons. The lowest BCUT2D eigenvalue weighted by Gasteiger charge is -2.48. The summed E-state index contributed by atoms with van der Waals surface area (Å²) < 4.78 is 18.0. The van der Waals surface area contributed by atoms with Crippen molar-refractivity contribution in [1.82, 2.24) is 19.8 Å². The first-order valence-corrected chi connectivity index (χ1v) is 12.3. The number of benzene rings is 3. The van der Waals surface area contributed by atoms with E-state index in [4.69, 9.17) is 9.47 Å². The van der Waals surface area contributed by atoms with Gasteiger partial charge in [0.15, 0.2) is 5.72 Å². The Morgan fingerprint density at radius 3 is 2.51 bits per heavy atom. The number of nitrogens with one attached hydrogen (secondary N) is 2. The first kappa shape index (κ1) is 19.9. The maximum absolute atomic E-state index is 13.3. The number of nitrogens with zero attached hydrogens (tertiary/aromatic N) is 2. The van der Waals surface area contributed by atoms with Crippen LogP contribution in [0.4, 0.5) is 0 Å². The van der Waals surface area contributed by atoms with Gasteiger partial charge >= 0.3 is 0 Å². The molecule has 35 heavy (non-hydrogen) atoms. The van der Waals surface area contributed by atoms with Crippen molar-refractivity contribution in [2.24, 2.45) is 0 Å². The third-order valence-electron chi connectivity index (χ3n) is 8.60. The summed E-state index contributed by atoms with van der Waals surface area (Å²) in [4.78, 5) is 13.3. The lowest BCUT2D eigenvalue weighted by molar-refractivity contribution is -0.256. The van der Waals surface area contributed by atoms with Gasteiger partial charge in [-0.05, 0) is 31.7 Å². The number of carbonyl (C=O) groups is 1. The van der Waals surface area contributed by atoms with Crippen LogP contribution in [0.3, 0.4) is 0 Å². The largest absolute Gasteiger partial charge is 0.375 e. The van der Waals surface area contributed by atoms with Crippen LogP contribution in [-0.4, -0.2) is 41.3 Å². The molecule has 5 heterocycles. The van der Waals surface area contributed by atoms with Crippen LogP contribution >= 0.6 is 0 Å². The Morgan fingerprint density at radius 2 is 1.77 bits per heavy atom. The van der Waals surface area contributed by atoms with E-state index in [1.165, 1.54) is 0 Å². The van der Waals surface area contributed by atoms with Gasteiger partial charge in [-0.1, -0.05) is 36.4 Å². The van der Waals surface area contributed by atoms with Gasteiger partial charge in [-0.2, -0.15) is 0 Å². The first-order chi connectivity index (χ1) is 17.1. The maximum atomic E-state index is 13.3. The van der Waals surface area contributed by atoms with Crippen LogP contribution in [0.15, 0.2) is 48.5 Å². The van der Waals surface area contributed by atoms with Gasteiger partial charge in [0, 0.05) is 47.7 Å². The van der Waals surface area contributed by atoms with Crippen LogP contribution in [0.25, 0.3) is 43.6 Å². The number of likely N-dealkylation sites (N-methyl/N-ethyl adjacent to an activating group) is 1. The molecule has 0 aliphatic carbocycles. The van der Waals surface area contributed by atoms with E-state index in [2.05, 4.69) is 75.2 Å². The van der Waals surface area contributed by atoms with Crippen molar-refractivity contribution in [3.8, 4) is 0 Å². The van der Waals surface area contributed by atoms with Crippen LogP contribution in [0.5, 0.6) is 0 Å². The molecule has 176 valence electrons. The number of aromatic nitrogens is 2. The average Bonchev–Trinajstić information content (AvgIpc) is 3.51. The summed E-state index contributed by atoms with van der Waals surface area (Å²) in [6.45, 7) is 2.68. The zero-order chi connectivity index (χ0) is 23.6. The standard InChI is InChI=1S/C28H26N4O3/c1-28-26(34-3)17(29-2)12-20(35-28)31-18-10-6-4-8-14(18)22-23-16(13-30-27(23)33)21-15-9-5-7-11-19(15)32(28)25(21)24(22)31/h4-11,17,20,26,29H,12-13H2,1-3H3,(H,30,33)/t17-,20?,26?,28?/m0/s1. The summed E-state index contributed by atoms with van der Waals surface area (Å²) in [5.74, 6) is 0.00357. The molecule has 1 fully saturated rings. The van der Waals surface area contributed by atoms with Gasteiger partial charge in [0.1, 0.15) is 12.3 Å². The number of carbonyl (C=O) groups excluding carboxylic acids is 1. The van der Waals surface area contributed by atoms with Crippen LogP contribution in [0.1, 0.15) is 35.5 Å². The van der Waals surface area contributed by atoms with Crippen LogP contribution in [-0.2, 0) is 21.7 Å². The quantitative estimate of drug-likeness (QED) is 0.406. The molecule has 3 aliphatic rings. The molecular formula is C28H26N4O3. The Hall–Kier alpha value is -3.39. The number of hydrogen-bond donors (Lipinski definition) is 2. The number of hydrogen-bond acceptors (Lipinski definition) is 4. The van der Waals surface area contributed by atoms with Gasteiger partial charge in [-0.25, -0.2) is 0 Å². The number of rotatable bonds is 2. The van der Waals surface area contributed by atoms with Crippen molar-refractivity contribution in [3.05, 3.63) is 59.7 Å². The number of para-hydroxylation sites is 2. The van der Waals surface area contributed by atoms with E-state index in [9.17, 15) is 4.79 Å². The van der Waals surface area contributed by atoms with Crippen molar-refractivity contribution in [2.75, 3.05) is 14.2 Å². The Morgan fingerprint density at radius 1 is 1.06 bits per heavy atom. The van der Waals surface area contributed by atoms with Crippen LogP contribution in [0, 0.1) is 0 Å². The molecule has 1 saturated heterocycles. The van der Waals surface area contributed by atoms with Crippen molar-refractivity contribution < 1.29 is 14.3 Å². The van der Waals surface area contributed by atoms with Crippen molar-refractivity contribution in [3.63, 3.8) is 0 Å². The fraction of sp³-hybridized carbons (Fsp3) is 0.321. The Bertz CT molecular complexity index is 1750. The zero-order valence-corrected chi connectivity index (χ0v) is 19.9. The van der Waals surface area contributed by atoms with E-state index in [0.29, 0.717) is 6.54 Å². The van der Waals surface area contributed by atoms with E-state index in [-0.39, 0.29) is 24.3 Å². The van der Waals surface area contributed by atoms with Crippen molar-refractivity contribution in [1.29, 1.82) is 0 Å². The summed E-state index contributed by atoms with van der Waals surface area (Å²) in [6.07, 6.45) is 0.337.